The van der Waals surface area contributed by atoms with Crippen molar-refractivity contribution in [2.75, 3.05) is 6.54 Å². The third-order valence-electron chi connectivity index (χ3n) is 8.02. The van der Waals surface area contributed by atoms with Crippen LogP contribution in [0.3, 0.4) is 0 Å². The molecule has 0 radical (unpaired) electrons. The molecule has 1 aliphatic heterocycles. The Morgan fingerprint density at radius 2 is 1.45 bits per heavy atom. The highest BCUT2D eigenvalue weighted by molar-refractivity contribution is 5.96. The summed E-state index contributed by atoms with van der Waals surface area (Å²) in [4.78, 5) is 71.6. The molecule has 2 aromatic heterocycles. The number of aromatic nitrogens is 2. The number of benzene rings is 2. The van der Waals surface area contributed by atoms with E-state index in [0.29, 0.717) is 12.8 Å². The molecule has 0 bridgehead atoms. The minimum absolute atomic E-state index is 0.0444. The van der Waals surface area contributed by atoms with Gasteiger partial charge in [-0.3, -0.25) is 19.2 Å². The summed E-state index contributed by atoms with van der Waals surface area (Å²) < 4.78 is 0. The quantitative estimate of drug-likeness (QED) is 0.123. The average molecular weight is 602 g/mol. The zero-order valence-corrected chi connectivity index (χ0v) is 23.9. The number of amides is 4. The predicted molar refractivity (Wildman–Crippen MR) is 162 cm³/mol. The van der Waals surface area contributed by atoms with Gasteiger partial charge in [-0.2, -0.15) is 0 Å². The molecule has 5 rings (SSSR count). The Balaban J connectivity index is 1.34. The van der Waals surface area contributed by atoms with Crippen LogP contribution < -0.4 is 22.1 Å². The van der Waals surface area contributed by atoms with Crippen molar-refractivity contribution in [1.29, 1.82) is 0 Å². The molecule has 1 saturated heterocycles. The lowest BCUT2D eigenvalue weighted by atomic mass is 10.0. The molecule has 0 saturated carbocycles. The number of H-pyrrole nitrogens is 2. The van der Waals surface area contributed by atoms with Crippen LogP contribution in [0.2, 0.25) is 0 Å². The largest absolute Gasteiger partial charge is 0.480 e. The first-order valence-corrected chi connectivity index (χ1v) is 14.4. The summed E-state index contributed by atoms with van der Waals surface area (Å²) in [7, 11) is 0. The first-order valence-electron chi connectivity index (χ1n) is 14.4. The number of carboxylic acids is 1. The molecule has 44 heavy (non-hydrogen) atoms. The SMILES string of the molecule is NC(=O)CC(N)C(=O)NC(Cc1c[nH]c2ccccc12)C(=O)N1CCCC1C(=O)NC(Cc1c[nH]c2ccccc12)C(=O)O. The fourth-order valence-electron chi connectivity index (χ4n) is 5.80. The molecular formula is C31H35N7O6. The van der Waals surface area contributed by atoms with Crippen LogP contribution in [0, 0.1) is 0 Å². The van der Waals surface area contributed by atoms with E-state index in [2.05, 4.69) is 20.6 Å². The number of nitrogens with zero attached hydrogens (tertiary/aromatic N) is 1. The summed E-state index contributed by atoms with van der Waals surface area (Å²) in [5, 5.41) is 16.9. The molecule has 0 spiro atoms. The highest BCUT2D eigenvalue weighted by atomic mass is 16.4. The van der Waals surface area contributed by atoms with Crippen molar-refractivity contribution in [3.8, 4) is 0 Å². The van der Waals surface area contributed by atoms with Gasteiger partial charge in [0.05, 0.1) is 12.5 Å². The van der Waals surface area contributed by atoms with Crippen molar-refractivity contribution in [2.24, 2.45) is 11.5 Å². The summed E-state index contributed by atoms with van der Waals surface area (Å²) in [6, 6.07) is 10.4. The van der Waals surface area contributed by atoms with Crippen LogP contribution in [-0.2, 0) is 36.8 Å². The second kappa shape index (κ2) is 13.0. The number of carbonyl (C=O) groups excluding carboxylic acids is 4. The summed E-state index contributed by atoms with van der Waals surface area (Å²) in [6.07, 6.45) is 4.03. The van der Waals surface area contributed by atoms with Gasteiger partial charge in [0.15, 0.2) is 0 Å². The van der Waals surface area contributed by atoms with E-state index >= 15 is 0 Å². The van der Waals surface area contributed by atoms with Gasteiger partial charge in [0, 0.05) is 53.6 Å². The van der Waals surface area contributed by atoms with Gasteiger partial charge in [-0.25, -0.2) is 4.79 Å². The van der Waals surface area contributed by atoms with Crippen LogP contribution in [0.5, 0.6) is 0 Å². The topological polar surface area (TPSA) is 216 Å². The van der Waals surface area contributed by atoms with Crippen molar-refractivity contribution in [2.45, 2.75) is 56.3 Å². The maximum absolute atomic E-state index is 14.0. The smallest absolute Gasteiger partial charge is 0.326 e. The Kier molecular flexibility index (Phi) is 8.95. The zero-order valence-electron chi connectivity index (χ0n) is 23.9. The fraction of sp³-hybridized carbons (Fsp3) is 0.323. The van der Waals surface area contributed by atoms with Crippen LogP contribution in [-0.4, -0.2) is 80.3 Å². The highest BCUT2D eigenvalue weighted by Crippen LogP contribution is 2.24. The van der Waals surface area contributed by atoms with E-state index in [4.69, 9.17) is 11.5 Å². The van der Waals surface area contributed by atoms with Gasteiger partial charge in [0.25, 0.3) is 0 Å². The van der Waals surface area contributed by atoms with E-state index in [9.17, 15) is 29.1 Å². The van der Waals surface area contributed by atoms with Gasteiger partial charge in [0.2, 0.25) is 23.6 Å². The van der Waals surface area contributed by atoms with Gasteiger partial charge < -0.3 is 42.1 Å². The molecule has 1 fully saturated rings. The Hall–Kier alpha value is -5.17. The molecule has 0 aliphatic carbocycles. The second-order valence-corrected chi connectivity index (χ2v) is 11.1. The standard InChI is InChI=1S/C31H35N7O6/c32-21(14-27(33)39)28(40)36-24(12-17-15-34-22-8-3-1-6-19(17)22)30(42)38-11-5-10-26(38)29(41)37-25(31(43)44)13-18-16-35-23-9-4-2-7-20(18)23/h1-4,6-9,15-16,21,24-26,34-35H,5,10-14,32H2,(H2,33,39)(H,36,40)(H,37,41)(H,43,44). The maximum Gasteiger partial charge on any atom is 0.326 e. The van der Waals surface area contributed by atoms with Crippen LogP contribution in [0.25, 0.3) is 21.8 Å². The maximum atomic E-state index is 14.0. The van der Waals surface area contributed by atoms with Crippen LogP contribution >= 0.6 is 0 Å². The Labute approximate surface area is 252 Å². The lowest BCUT2D eigenvalue weighted by molar-refractivity contribution is -0.144. The van der Waals surface area contributed by atoms with E-state index in [1.54, 1.807) is 12.4 Å². The highest BCUT2D eigenvalue weighted by Gasteiger charge is 2.39. The number of para-hydroxylation sites is 2. The number of hydrogen-bond donors (Lipinski definition) is 7. The van der Waals surface area contributed by atoms with Gasteiger partial charge >= 0.3 is 5.97 Å². The van der Waals surface area contributed by atoms with E-state index in [1.807, 2.05) is 48.5 Å². The van der Waals surface area contributed by atoms with Gasteiger partial charge in [0.1, 0.15) is 18.1 Å². The summed E-state index contributed by atoms with van der Waals surface area (Å²) in [6.45, 7) is 0.241. The third-order valence-corrected chi connectivity index (χ3v) is 8.02. The number of aliphatic carboxylic acids is 1. The first kappa shape index (κ1) is 30.3. The second-order valence-electron chi connectivity index (χ2n) is 11.1. The predicted octanol–water partition coefficient (Wildman–Crippen LogP) is 0.682. The van der Waals surface area contributed by atoms with Crippen molar-refractivity contribution >= 4 is 51.4 Å². The van der Waals surface area contributed by atoms with Crippen LogP contribution in [0.15, 0.2) is 60.9 Å². The number of carboxylic acid groups (broad SMARTS) is 1. The summed E-state index contributed by atoms with van der Waals surface area (Å²) >= 11 is 0. The normalized spacial score (nSPS) is 16.8. The minimum Gasteiger partial charge on any atom is -0.480 e. The number of fused-ring (bicyclic) bond motifs is 2. The molecule has 4 unspecified atom stereocenters. The molecule has 230 valence electrons. The molecule has 4 atom stereocenters. The lowest BCUT2D eigenvalue weighted by Gasteiger charge is -2.30. The monoisotopic (exact) mass is 601 g/mol. The molecule has 1 aliphatic rings. The fourth-order valence-corrected chi connectivity index (χ4v) is 5.80. The molecule has 4 amide bonds. The molecule has 4 aromatic rings. The van der Waals surface area contributed by atoms with E-state index in [-0.39, 0.29) is 19.4 Å². The average Bonchev–Trinajstić information content (AvgIpc) is 3.75. The van der Waals surface area contributed by atoms with Crippen molar-refractivity contribution in [1.82, 2.24) is 25.5 Å². The Morgan fingerprint density at radius 3 is 2.02 bits per heavy atom. The number of hydrogen-bond acceptors (Lipinski definition) is 6. The summed E-state index contributed by atoms with van der Waals surface area (Å²) in [5.74, 6) is -3.80. The number of primary amides is 1. The molecular weight excluding hydrogens is 566 g/mol. The van der Waals surface area contributed by atoms with E-state index in [1.165, 1.54) is 4.90 Å². The van der Waals surface area contributed by atoms with Crippen LogP contribution in [0.4, 0.5) is 0 Å². The van der Waals surface area contributed by atoms with Crippen LogP contribution in [0.1, 0.15) is 30.4 Å². The van der Waals surface area contributed by atoms with E-state index < -0.39 is 60.2 Å². The van der Waals surface area contributed by atoms with Gasteiger partial charge in [-0.15, -0.1) is 0 Å². The number of rotatable bonds is 12. The minimum atomic E-state index is -1.26. The number of nitrogens with two attached hydrogens (primary N) is 2. The number of likely N-dealkylation sites (tertiary alicyclic amines) is 1. The Bertz CT molecular complexity index is 1710. The number of carbonyl (C=O) groups is 5. The molecule has 2 aromatic carbocycles. The molecule has 13 heteroatoms. The van der Waals surface area contributed by atoms with Crippen molar-refractivity contribution in [3.05, 3.63) is 72.1 Å². The lowest BCUT2D eigenvalue weighted by Crippen LogP contribution is -2.57. The Morgan fingerprint density at radius 1 is 0.886 bits per heavy atom. The molecule has 3 heterocycles. The summed E-state index contributed by atoms with van der Waals surface area (Å²) in [5.41, 5.74) is 14.3. The molecule has 13 nitrogen and oxygen atoms in total. The molecule has 9 N–H and O–H groups in total. The van der Waals surface area contributed by atoms with Crippen molar-refractivity contribution < 1.29 is 29.1 Å². The van der Waals surface area contributed by atoms with Crippen molar-refractivity contribution in [3.63, 3.8) is 0 Å². The third kappa shape index (κ3) is 6.57. The van der Waals surface area contributed by atoms with E-state index in [0.717, 1.165) is 32.9 Å². The van der Waals surface area contributed by atoms with Gasteiger partial charge in [-0.1, -0.05) is 36.4 Å². The first-order chi connectivity index (χ1) is 21.1. The van der Waals surface area contributed by atoms with Gasteiger partial charge in [-0.05, 0) is 36.1 Å². The zero-order chi connectivity index (χ0) is 31.4. The number of nitrogens with one attached hydrogen (secondary N) is 4. The number of aromatic amines is 2.